The van der Waals surface area contributed by atoms with Gasteiger partial charge in [-0.15, -0.1) is 0 Å². The minimum atomic E-state index is -2.67. The summed E-state index contributed by atoms with van der Waals surface area (Å²) in [6.07, 6.45) is 1.40. The lowest BCUT2D eigenvalue weighted by Gasteiger charge is -2.59. The first-order valence-corrected chi connectivity index (χ1v) is 17.5. The number of carbonyl (C=O) groups excluding carboxylic acids is 4. The summed E-state index contributed by atoms with van der Waals surface area (Å²) in [4.78, 5) is 53.9. The van der Waals surface area contributed by atoms with Crippen LogP contribution in [-0.4, -0.2) is 55.8 Å². The quantitative estimate of drug-likeness (QED) is 0.198. The van der Waals surface area contributed by atoms with Gasteiger partial charge in [-0.3, -0.25) is 19.2 Å². The maximum atomic E-state index is 14.5. The van der Waals surface area contributed by atoms with Crippen molar-refractivity contribution in [3.63, 3.8) is 0 Å². The van der Waals surface area contributed by atoms with Gasteiger partial charge in [0.1, 0.15) is 34.4 Å². The predicted molar refractivity (Wildman–Crippen MR) is 189 cm³/mol. The Bertz CT molecular complexity index is 1870. The van der Waals surface area contributed by atoms with Crippen LogP contribution in [0.25, 0.3) is 11.1 Å². The highest BCUT2D eigenvalue weighted by molar-refractivity contribution is 6.25. The second-order valence-corrected chi connectivity index (χ2v) is 16.5. The summed E-state index contributed by atoms with van der Waals surface area (Å²) in [6.45, 7) is 16.5. The van der Waals surface area contributed by atoms with E-state index < -0.39 is 56.8 Å². The first-order valence-electron chi connectivity index (χ1n) is 17.5. The van der Waals surface area contributed by atoms with Gasteiger partial charge in [-0.2, -0.15) is 0 Å². The van der Waals surface area contributed by atoms with Gasteiger partial charge in [-0.05, 0) is 84.9 Å². The number of ketones is 4. The lowest BCUT2D eigenvalue weighted by atomic mass is 9.44. The topological polar surface area (TPSA) is 158 Å². The first-order chi connectivity index (χ1) is 23.1. The van der Waals surface area contributed by atoms with Crippen molar-refractivity contribution < 1.29 is 44.3 Å². The van der Waals surface area contributed by atoms with Gasteiger partial charge < -0.3 is 25.2 Å². The van der Waals surface area contributed by atoms with Crippen LogP contribution in [0.2, 0.25) is 0 Å². The zero-order valence-electron chi connectivity index (χ0n) is 30.6. The van der Waals surface area contributed by atoms with Gasteiger partial charge in [0.15, 0.2) is 17.2 Å². The number of hydrogen-bond acceptors (Lipinski definition) is 9. The second-order valence-electron chi connectivity index (χ2n) is 16.5. The number of aromatic hydroxyl groups is 1. The van der Waals surface area contributed by atoms with Crippen molar-refractivity contribution in [2.75, 3.05) is 6.61 Å². The van der Waals surface area contributed by atoms with Crippen molar-refractivity contribution in [3.05, 3.63) is 69.7 Å². The molecule has 0 saturated heterocycles. The largest absolute Gasteiger partial charge is 0.511 e. The van der Waals surface area contributed by atoms with Crippen LogP contribution in [0.3, 0.4) is 0 Å². The molecule has 0 saturated carbocycles. The highest BCUT2D eigenvalue weighted by Crippen LogP contribution is 2.65. The summed E-state index contributed by atoms with van der Waals surface area (Å²) in [5, 5.41) is 46.8. The Balaban J connectivity index is 1.67. The van der Waals surface area contributed by atoms with E-state index in [9.17, 15) is 39.6 Å². The molecule has 0 bridgehead atoms. The highest BCUT2D eigenvalue weighted by Gasteiger charge is 2.71. The molecule has 4 N–H and O–H groups in total. The second kappa shape index (κ2) is 12.5. The Kier molecular flexibility index (Phi) is 9.27. The smallest absolute Gasteiger partial charge is 0.209 e. The number of phenolic OH excluding ortho intramolecular Hbond substituents is 1. The van der Waals surface area contributed by atoms with Gasteiger partial charge in [0, 0.05) is 35.2 Å². The number of allylic oxidation sites excluding steroid dienone is 2. The molecule has 5 rings (SSSR count). The Hall–Kier alpha value is -4.24. The molecule has 9 heteroatoms. The zero-order valence-corrected chi connectivity index (χ0v) is 30.6. The molecule has 0 radical (unpaired) electrons. The normalized spacial score (nSPS) is 26.5. The van der Waals surface area contributed by atoms with Crippen molar-refractivity contribution in [2.24, 2.45) is 28.1 Å². The van der Waals surface area contributed by atoms with Gasteiger partial charge in [0.25, 0.3) is 0 Å². The zero-order chi connectivity index (χ0) is 37.3. The van der Waals surface area contributed by atoms with Crippen LogP contribution in [-0.2, 0) is 27.2 Å². The standard InChI is InChI=1S/C41H50O9/c1-10-50-29-16-12-23(17-24(29)11-13-25(43)18-38(5,6)7)26-14-15-28(44)31-27(26)19-39(8)20-40(9)32(21(2)3)34(45)30(22(4)42)36(47)41(40,49)37(48)33(39)35(31)46/h12,14-17,21,32,44-45,48-49H,10-11,13,18-20H2,1-9H3/t32?,39-,40-,41+/m1/s1. The fourth-order valence-corrected chi connectivity index (χ4v) is 9.20. The fourth-order valence-electron chi connectivity index (χ4n) is 9.20. The molecule has 268 valence electrons. The lowest BCUT2D eigenvalue weighted by molar-refractivity contribution is -0.171. The summed E-state index contributed by atoms with van der Waals surface area (Å²) in [5.74, 6) is -4.67. The van der Waals surface area contributed by atoms with Crippen LogP contribution in [0, 0.1) is 28.1 Å². The minimum absolute atomic E-state index is 0.00438. The summed E-state index contributed by atoms with van der Waals surface area (Å²) in [6, 6.07) is 8.80. The first kappa shape index (κ1) is 37.0. The average Bonchev–Trinajstić information content (AvgIpc) is 2.97. The molecule has 50 heavy (non-hydrogen) atoms. The van der Waals surface area contributed by atoms with Crippen molar-refractivity contribution in [3.8, 4) is 22.6 Å². The van der Waals surface area contributed by atoms with Crippen molar-refractivity contribution in [1.29, 1.82) is 0 Å². The number of phenols is 1. The predicted octanol–water partition coefficient (Wildman–Crippen LogP) is 7.35. The molecule has 0 spiro atoms. The van der Waals surface area contributed by atoms with E-state index in [1.54, 1.807) is 33.8 Å². The minimum Gasteiger partial charge on any atom is -0.511 e. The van der Waals surface area contributed by atoms with Crippen LogP contribution in [0.5, 0.6) is 11.5 Å². The molecule has 2 aromatic carbocycles. The molecule has 0 fully saturated rings. The Labute approximate surface area is 294 Å². The molecule has 0 amide bonds. The lowest BCUT2D eigenvalue weighted by Crippen LogP contribution is -2.67. The number of aliphatic hydroxyl groups is 3. The molecular formula is C41H50O9. The monoisotopic (exact) mass is 686 g/mol. The molecular weight excluding hydrogens is 636 g/mol. The molecule has 4 atom stereocenters. The molecule has 3 aliphatic rings. The molecule has 9 nitrogen and oxygen atoms in total. The van der Waals surface area contributed by atoms with E-state index in [0.29, 0.717) is 42.7 Å². The summed E-state index contributed by atoms with van der Waals surface area (Å²) < 4.78 is 5.91. The van der Waals surface area contributed by atoms with Gasteiger partial charge in [-0.25, -0.2) is 0 Å². The van der Waals surface area contributed by atoms with Crippen LogP contribution < -0.4 is 4.74 Å². The van der Waals surface area contributed by atoms with E-state index in [1.807, 2.05) is 45.9 Å². The number of aryl methyl sites for hydroxylation is 1. The maximum Gasteiger partial charge on any atom is 0.209 e. The highest BCUT2D eigenvalue weighted by atomic mass is 16.5. The fraction of sp³-hybridized carbons (Fsp3) is 0.512. The maximum absolute atomic E-state index is 14.5. The van der Waals surface area contributed by atoms with Crippen molar-refractivity contribution >= 4 is 23.1 Å². The summed E-state index contributed by atoms with van der Waals surface area (Å²) >= 11 is 0. The summed E-state index contributed by atoms with van der Waals surface area (Å²) in [5.41, 5.74) is -3.49. The van der Waals surface area contributed by atoms with Crippen LogP contribution in [0.15, 0.2) is 53.0 Å². The number of ether oxygens (including phenoxy) is 1. The summed E-state index contributed by atoms with van der Waals surface area (Å²) in [7, 11) is 0. The van der Waals surface area contributed by atoms with Gasteiger partial charge >= 0.3 is 0 Å². The van der Waals surface area contributed by atoms with E-state index in [4.69, 9.17) is 4.74 Å². The third-order valence-corrected chi connectivity index (χ3v) is 11.0. The number of aliphatic hydroxyl groups excluding tert-OH is 2. The molecule has 0 aromatic heterocycles. The molecule has 0 heterocycles. The van der Waals surface area contributed by atoms with Crippen LogP contribution in [0.4, 0.5) is 0 Å². The van der Waals surface area contributed by atoms with E-state index >= 15 is 0 Å². The van der Waals surface area contributed by atoms with E-state index in [-0.39, 0.29) is 46.8 Å². The average molecular weight is 687 g/mol. The number of benzene rings is 2. The number of Topliss-reactive ketones (excluding diaryl/α,β-unsaturated/α-hetero) is 4. The Morgan fingerprint density at radius 2 is 1.70 bits per heavy atom. The number of fused-ring (bicyclic) bond motifs is 3. The third kappa shape index (κ3) is 5.67. The SMILES string of the molecule is CCOc1ccc(-c2ccc(O)c3c2C[C@]2(C)C[C@]4(C)C(C(C)C)C(O)=C(C(C)=O)C(=O)[C@]4(O)C(O)=C2C3=O)cc1CCC(=O)CC(C)(C)C. The molecule has 2 aromatic rings. The van der Waals surface area contributed by atoms with Gasteiger partial charge in [0.2, 0.25) is 5.78 Å². The number of carbonyl (C=O) groups is 4. The van der Waals surface area contributed by atoms with E-state index in [2.05, 4.69) is 0 Å². The van der Waals surface area contributed by atoms with E-state index in [1.165, 1.54) is 6.07 Å². The van der Waals surface area contributed by atoms with Crippen LogP contribution >= 0.6 is 0 Å². The molecule has 1 unspecified atom stereocenters. The van der Waals surface area contributed by atoms with E-state index in [0.717, 1.165) is 18.1 Å². The van der Waals surface area contributed by atoms with Gasteiger partial charge in [0.05, 0.1) is 12.2 Å². The van der Waals surface area contributed by atoms with Crippen molar-refractivity contribution in [1.82, 2.24) is 0 Å². The Morgan fingerprint density at radius 1 is 1.04 bits per heavy atom. The van der Waals surface area contributed by atoms with Crippen LogP contribution in [0.1, 0.15) is 103 Å². The Morgan fingerprint density at radius 3 is 2.28 bits per heavy atom. The third-order valence-electron chi connectivity index (χ3n) is 11.0. The molecule has 0 aliphatic heterocycles. The molecule has 3 aliphatic carbocycles. The number of rotatable bonds is 9. The number of hydrogen-bond donors (Lipinski definition) is 4. The van der Waals surface area contributed by atoms with Gasteiger partial charge in [-0.1, -0.05) is 60.6 Å². The van der Waals surface area contributed by atoms with Crippen molar-refractivity contribution in [2.45, 2.75) is 100 Å².